The van der Waals surface area contributed by atoms with E-state index in [0.29, 0.717) is 19.4 Å². The van der Waals surface area contributed by atoms with Crippen LogP contribution in [0.2, 0.25) is 0 Å². The third-order valence-electron chi connectivity index (χ3n) is 8.69. The summed E-state index contributed by atoms with van der Waals surface area (Å²) in [6.07, 6.45) is 13.1. The van der Waals surface area contributed by atoms with Crippen molar-refractivity contribution in [2.45, 2.75) is 114 Å². The molecule has 2 amide bonds. The molecule has 0 bridgehead atoms. The second kappa shape index (κ2) is 14.1. The van der Waals surface area contributed by atoms with Crippen molar-refractivity contribution in [1.82, 2.24) is 15.1 Å². The number of carbonyl (C=O) groups excluding carboxylic acids is 3. The molecule has 4 rings (SSSR count). The average Bonchev–Trinajstić information content (AvgIpc) is 2.93. The van der Waals surface area contributed by atoms with Gasteiger partial charge < -0.3 is 19.9 Å². The van der Waals surface area contributed by atoms with E-state index in [1.165, 1.54) is 31.2 Å². The van der Waals surface area contributed by atoms with E-state index in [1.54, 1.807) is 4.90 Å². The highest BCUT2D eigenvalue weighted by Gasteiger charge is 2.53. The number of piperidine rings is 1. The molecule has 3 fully saturated rings. The molecule has 7 nitrogen and oxygen atoms in total. The zero-order valence-corrected chi connectivity index (χ0v) is 23.3. The molecule has 7 heteroatoms. The summed E-state index contributed by atoms with van der Waals surface area (Å²) >= 11 is 0. The van der Waals surface area contributed by atoms with E-state index in [-0.39, 0.29) is 30.3 Å². The maximum absolute atomic E-state index is 13.5. The number of unbranched alkanes of at least 4 members (excludes halogenated alkanes) is 3. The van der Waals surface area contributed by atoms with Crippen molar-refractivity contribution in [2.75, 3.05) is 26.2 Å². The van der Waals surface area contributed by atoms with Gasteiger partial charge >= 0.3 is 5.97 Å². The van der Waals surface area contributed by atoms with Crippen LogP contribution in [0.3, 0.4) is 0 Å². The summed E-state index contributed by atoms with van der Waals surface area (Å²) < 4.78 is 5.64. The highest BCUT2D eigenvalue weighted by atomic mass is 16.5. The molecule has 1 aromatic rings. The number of piperazine rings is 1. The number of nitrogens with one attached hydrogen (secondary N) is 1. The summed E-state index contributed by atoms with van der Waals surface area (Å²) in [7, 11) is 0. The second-order valence-electron chi connectivity index (χ2n) is 11.5. The van der Waals surface area contributed by atoms with Gasteiger partial charge in [-0.1, -0.05) is 56.5 Å². The monoisotopic (exact) mass is 525 g/mol. The lowest BCUT2D eigenvalue weighted by molar-refractivity contribution is -0.164. The summed E-state index contributed by atoms with van der Waals surface area (Å²) in [5, 5.41) is 2.93. The zero-order valence-electron chi connectivity index (χ0n) is 23.3. The Morgan fingerprint density at radius 1 is 0.974 bits per heavy atom. The third kappa shape index (κ3) is 7.37. The van der Waals surface area contributed by atoms with Gasteiger partial charge in [-0.15, -0.1) is 0 Å². The Hall–Kier alpha value is -2.41. The van der Waals surface area contributed by atoms with Crippen LogP contribution < -0.4 is 5.32 Å². The summed E-state index contributed by atoms with van der Waals surface area (Å²) in [6, 6.07) is 9.85. The molecule has 1 spiro atoms. The number of esters is 1. The van der Waals surface area contributed by atoms with Crippen LogP contribution in [0.1, 0.15) is 96.0 Å². The van der Waals surface area contributed by atoms with Crippen LogP contribution in [0.4, 0.5) is 0 Å². The van der Waals surface area contributed by atoms with E-state index in [1.807, 2.05) is 6.92 Å². The summed E-state index contributed by atoms with van der Waals surface area (Å²) in [5.41, 5.74) is 0.623. The molecular formula is C31H47N3O4. The van der Waals surface area contributed by atoms with Gasteiger partial charge in [0.25, 0.3) is 0 Å². The standard InChI is InChI=1S/C31H47N3O4/c1-2-20-34-29(36)27(24-28(35)38-26-16-10-6-11-17-26)32-30(37)31(34)18-22-33(23-19-31)21-12-4-3-7-13-25-14-8-5-9-15-25/h5,8-9,14-15,26-27H,2-4,6-7,10-13,16-24H2,1H3,(H,32,37)/t27-/m1/s1. The average molecular weight is 526 g/mol. The number of hydrogen-bond donors (Lipinski definition) is 1. The van der Waals surface area contributed by atoms with Crippen molar-refractivity contribution in [1.29, 1.82) is 0 Å². The molecule has 0 radical (unpaired) electrons. The van der Waals surface area contributed by atoms with E-state index in [0.717, 1.165) is 64.6 Å². The molecule has 0 unspecified atom stereocenters. The van der Waals surface area contributed by atoms with Crippen LogP contribution in [-0.4, -0.2) is 71.4 Å². The molecule has 3 aliphatic rings. The number of amides is 2. The molecule has 2 heterocycles. The fraction of sp³-hybridized carbons (Fsp3) is 0.710. The molecule has 38 heavy (non-hydrogen) atoms. The number of carbonyl (C=O) groups is 3. The smallest absolute Gasteiger partial charge is 0.308 e. The van der Waals surface area contributed by atoms with Crippen molar-refractivity contribution >= 4 is 17.8 Å². The second-order valence-corrected chi connectivity index (χ2v) is 11.5. The highest BCUT2D eigenvalue weighted by molar-refractivity contribution is 6.01. The van der Waals surface area contributed by atoms with E-state index >= 15 is 0 Å². The molecule has 0 aromatic heterocycles. The minimum absolute atomic E-state index is 0.0445. The minimum atomic E-state index is -0.815. The van der Waals surface area contributed by atoms with Gasteiger partial charge in [0, 0.05) is 19.6 Å². The fourth-order valence-electron chi connectivity index (χ4n) is 6.45. The quantitative estimate of drug-likeness (QED) is 0.318. The van der Waals surface area contributed by atoms with Crippen LogP contribution in [0, 0.1) is 0 Å². The fourth-order valence-corrected chi connectivity index (χ4v) is 6.45. The van der Waals surface area contributed by atoms with Gasteiger partial charge in [0.05, 0.1) is 6.42 Å². The first-order valence-electron chi connectivity index (χ1n) is 15.1. The van der Waals surface area contributed by atoms with Gasteiger partial charge in [-0.05, 0) is 76.3 Å². The van der Waals surface area contributed by atoms with E-state index in [4.69, 9.17) is 4.74 Å². The Bertz CT molecular complexity index is 907. The number of nitrogens with zero attached hydrogens (tertiary/aromatic N) is 2. The molecule has 1 aromatic carbocycles. The first-order valence-corrected chi connectivity index (χ1v) is 15.1. The van der Waals surface area contributed by atoms with Crippen LogP contribution in [-0.2, 0) is 25.5 Å². The maximum Gasteiger partial charge on any atom is 0.308 e. The van der Waals surface area contributed by atoms with Gasteiger partial charge in [-0.2, -0.15) is 0 Å². The van der Waals surface area contributed by atoms with Crippen LogP contribution >= 0.6 is 0 Å². The molecular weight excluding hydrogens is 478 g/mol. The highest BCUT2D eigenvalue weighted by Crippen LogP contribution is 2.34. The largest absolute Gasteiger partial charge is 0.462 e. The lowest BCUT2D eigenvalue weighted by Gasteiger charge is -2.51. The van der Waals surface area contributed by atoms with E-state index in [9.17, 15) is 14.4 Å². The molecule has 1 saturated carbocycles. The SMILES string of the molecule is CCCN1C(=O)[C@@H](CC(=O)OC2CCCCC2)NC(=O)C12CCN(CCCCCCc1ccccc1)CC2. The molecule has 2 saturated heterocycles. The predicted molar refractivity (Wildman–Crippen MR) is 149 cm³/mol. The lowest BCUT2D eigenvalue weighted by Crippen LogP contribution is -2.73. The van der Waals surface area contributed by atoms with Crippen molar-refractivity contribution in [3.05, 3.63) is 35.9 Å². The van der Waals surface area contributed by atoms with Gasteiger partial charge in [0.2, 0.25) is 11.8 Å². The normalized spacial score (nSPS) is 22.4. The Morgan fingerprint density at radius 3 is 2.39 bits per heavy atom. The Kier molecular flexibility index (Phi) is 10.6. The number of rotatable bonds is 12. The van der Waals surface area contributed by atoms with Crippen molar-refractivity contribution in [3.8, 4) is 0 Å². The van der Waals surface area contributed by atoms with Gasteiger partial charge in [0.1, 0.15) is 17.7 Å². The Labute approximate surface area is 228 Å². The van der Waals surface area contributed by atoms with Crippen LogP contribution in [0.5, 0.6) is 0 Å². The minimum Gasteiger partial charge on any atom is -0.462 e. The molecule has 2 aliphatic heterocycles. The van der Waals surface area contributed by atoms with Gasteiger partial charge in [-0.3, -0.25) is 14.4 Å². The molecule has 1 aliphatic carbocycles. The predicted octanol–water partition coefficient (Wildman–Crippen LogP) is 4.63. The Morgan fingerprint density at radius 2 is 1.68 bits per heavy atom. The van der Waals surface area contributed by atoms with E-state index in [2.05, 4.69) is 40.5 Å². The van der Waals surface area contributed by atoms with Crippen molar-refractivity contribution in [2.24, 2.45) is 0 Å². The number of benzene rings is 1. The maximum atomic E-state index is 13.5. The first-order chi connectivity index (χ1) is 18.5. The van der Waals surface area contributed by atoms with Crippen molar-refractivity contribution in [3.63, 3.8) is 0 Å². The summed E-state index contributed by atoms with van der Waals surface area (Å²) in [5.74, 6) is -0.595. The van der Waals surface area contributed by atoms with Gasteiger partial charge in [0.15, 0.2) is 0 Å². The number of ether oxygens (including phenoxy) is 1. The third-order valence-corrected chi connectivity index (χ3v) is 8.69. The number of aryl methyl sites for hydroxylation is 1. The van der Waals surface area contributed by atoms with E-state index < -0.39 is 11.6 Å². The molecule has 210 valence electrons. The zero-order chi connectivity index (χ0) is 26.8. The summed E-state index contributed by atoms with van der Waals surface area (Å²) in [4.78, 5) is 43.8. The van der Waals surface area contributed by atoms with Crippen LogP contribution in [0.25, 0.3) is 0 Å². The Balaban J connectivity index is 1.22. The topological polar surface area (TPSA) is 79.0 Å². The molecule has 1 atom stereocenters. The van der Waals surface area contributed by atoms with Crippen LogP contribution in [0.15, 0.2) is 30.3 Å². The van der Waals surface area contributed by atoms with Crippen molar-refractivity contribution < 1.29 is 19.1 Å². The number of likely N-dealkylation sites (tertiary alicyclic amines) is 1. The van der Waals surface area contributed by atoms with Gasteiger partial charge in [-0.25, -0.2) is 0 Å². The lowest BCUT2D eigenvalue weighted by atomic mass is 9.81. The summed E-state index contributed by atoms with van der Waals surface area (Å²) in [6.45, 7) is 5.26. The molecule has 1 N–H and O–H groups in total. The first kappa shape index (κ1) is 28.6. The number of hydrogen-bond acceptors (Lipinski definition) is 5.